The third-order valence-electron chi connectivity index (χ3n) is 3.39. The highest BCUT2D eigenvalue weighted by Crippen LogP contribution is 2.18. The van der Waals surface area contributed by atoms with Crippen LogP contribution < -0.4 is 0 Å². The molecule has 1 aliphatic heterocycles. The van der Waals surface area contributed by atoms with E-state index in [1.807, 2.05) is 45.0 Å². The lowest BCUT2D eigenvalue weighted by atomic mass is 10.1. The largest absolute Gasteiger partial charge is 0.458 e. The first kappa shape index (κ1) is 17.9. The van der Waals surface area contributed by atoms with E-state index in [1.165, 1.54) is 0 Å². The normalized spacial score (nSPS) is 18.6. The number of esters is 1. The van der Waals surface area contributed by atoms with E-state index in [9.17, 15) is 9.59 Å². The number of hydrogen-bond donors (Lipinski definition) is 0. The van der Waals surface area contributed by atoms with E-state index in [2.05, 4.69) is 15.9 Å². The molecule has 0 saturated carbocycles. The van der Waals surface area contributed by atoms with Gasteiger partial charge in [0, 0.05) is 11.0 Å². The van der Waals surface area contributed by atoms with E-state index >= 15 is 0 Å². The Kier molecular flexibility index (Phi) is 5.81. The van der Waals surface area contributed by atoms with Gasteiger partial charge in [-0.3, -0.25) is 4.79 Å². The van der Waals surface area contributed by atoms with Crippen molar-refractivity contribution in [3.05, 3.63) is 34.3 Å². The van der Waals surface area contributed by atoms with Gasteiger partial charge in [0.05, 0.1) is 19.6 Å². The summed E-state index contributed by atoms with van der Waals surface area (Å²) >= 11 is 3.45. The van der Waals surface area contributed by atoms with Crippen molar-refractivity contribution in [1.29, 1.82) is 0 Å². The standard InChI is InChI=1S/C17H22BrNO4/c1-17(2,3)23-16(21)14-11-19(8-9-22-14)15(20)10-12-6-4-5-7-13(12)18/h4-7,14H,8-11H2,1-3H3/t14-/m0/s1. The van der Waals surface area contributed by atoms with E-state index in [4.69, 9.17) is 9.47 Å². The van der Waals surface area contributed by atoms with Crippen LogP contribution >= 0.6 is 15.9 Å². The van der Waals surface area contributed by atoms with Crippen molar-refractivity contribution in [3.63, 3.8) is 0 Å². The number of carbonyl (C=O) groups is 2. The summed E-state index contributed by atoms with van der Waals surface area (Å²) in [6.07, 6.45) is -0.422. The van der Waals surface area contributed by atoms with Crippen molar-refractivity contribution in [2.75, 3.05) is 19.7 Å². The molecule has 23 heavy (non-hydrogen) atoms. The second-order valence-corrected chi connectivity index (χ2v) is 7.36. The van der Waals surface area contributed by atoms with Crippen molar-refractivity contribution in [2.24, 2.45) is 0 Å². The van der Waals surface area contributed by atoms with Gasteiger partial charge in [-0.25, -0.2) is 4.79 Å². The maximum Gasteiger partial charge on any atom is 0.337 e. The molecule has 1 atom stereocenters. The lowest BCUT2D eigenvalue weighted by molar-refractivity contribution is -0.175. The summed E-state index contributed by atoms with van der Waals surface area (Å²) in [5, 5.41) is 0. The molecule has 1 aliphatic rings. The van der Waals surface area contributed by atoms with E-state index in [0.717, 1.165) is 10.0 Å². The van der Waals surface area contributed by atoms with Crippen molar-refractivity contribution in [1.82, 2.24) is 4.90 Å². The number of morpholine rings is 1. The molecule has 6 heteroatoms. The molecule has 0 aromatic heterocycles. The molecule has 1 aromatic rings. The Hall–Kier alpha value is -1.40. The highest BCUT2D eigenvalue weighted by molar-refractivity contribution is 9.10. The molecule has 1 aromatic carbocycles. The molecule has 1 fully saturated rings. The summed E-state index contributed by atoms with van der Waals surface area (Å²) in [5.74, 6) is -0.440. The fourth-order valence-electron chi connectivity index (χ4n) is 2.30. The van der Waals surface area contributed by atoms with E-state index in [-0.39, 0.29) is 12.5 Å². The Morgan fingerprint density at radius 2 is 2.04 bits per heavy atom. The van der Waals surface area contributed by atoms with Crippen molar-refractivity contribution < 1.29 is 19.1 Å². The summed E-state index contributed by atoms with van der Waals surface area (Å²) < 4.78 is 11.7. The number of rotatable bonds is 3. The Labute approximate surface area is 145 Å². The lowest BCUT2D eigenvalue weighted by Crippen LogP contribution is -2.50. The van der Waals surface area contributed by atoms with E-state index < -0.39 is 17.7 Å². The van der Waals surface area contributed by atoms with Crippen LogP contribution in [-0.4, -0.2) is 48.2 Å². The third-order valence-corrected chi connectivity index (χ3v) is 4.16. The smallest absolute Gasteiger partial charge is 0.337 e. The lowest BCUT2D eigenvalue weighted by Gasteiger charge is -2.33. The van der Waals surface area contributed by atoms with E-state index in [0.29, 0.717) is 19.6 Å². The zero-order valence-corrected chi connectivity index (χ0v) is 15.3. The van der Waals surface area contributed by atoms with Crippen LogP contribution in [-0.2, 0) is 25.5 Å². The molecular weight excluding hydrogens is 362 g/mol. The number of halogens is 1. The van der Waals surface area contributed by atoms with Gasteiger partial charge in [-0.2, -0.15) is 0 Å². The average molecular weight is 384 g/mol. The van der Waals surface area contributed by atoms with Crippen LogP contribution in [0.2, 0.25) is 0 Å². The monoisotopic (exact) mass is 383 g/mol. The van der Waals surface area contributed by atoms with Crippen LogP contribution in [0.15, 0.2) is 28.7 Å². The van der Waals surface area contributed by atoms with Crippen LogP contribution in [0.25, 0.3) is 0 Å². The molecule has 1 saturated heterocycles. The fraction of sp³-hybridized carbons (Fsp3) is 0.529. The number of carbonyl (C=O) groups excluding carboxylic acids is 2. The van der Waals surface area contributed by atoms with Crippen molar-refractivity contribution >= 4 is 27.8 Å². The second-order valence-electron chi connectivity index (χ2n) is 6.50. The molecule has 1 heterocycles. The minimum atomic E-state index is -0.717. The zero-order valence-electron chi connectivity index (χ0n) is 13.7. The van der Waals surface area contributed by atoms with Crippen LogP contribution in [0.3, 0.4) is 0 Å². The minimum absolute atomic E-state index is 0.0197. The number of benzene rings is 1. The first-order chi connectivity index (χ1) is 10.8. The summed E-state index contributed by atoms with van der Waals surface area (Å²) in [7, 11) is 0. The Balaban J connectivity index is 1.96. The van der Waals surface area contributed by atoms with Gasteiger partial charge in [-0.1, -0.05) is 34.1 Å². The van der Waals surface area contributed by atoms with Gasteiger partial charge in [-0.05, 0) is 32.4 Å². The number of ether oxygens (including phenoxy) is 2. The van der Waals surface area contributed by atoms with Gasteiger partial charge in [0.25, 0.3) is 0 Å². The van der Waals surface area contributed by atoms with E-state index in [1.54, 1.807) is 4.90 Å². The predicted molar refractivity (Wildman–Crippen MR) is 90.0 cm³/mol. The Morgan fingerprint density at radius 1 is 1.35 bits per heavy atom. The molecule has 0 radical (unpaired) electrons. The molecule has 0 aliphatic carbocycles. The molecule has 0 bridgehead atoms. The van der Waals surface area contributed by atoms with Gasteiger partial charge in [-0.15, -0.1) is 0 Å². The molecule has 2 rings (SSSR count). The van der Waals surface area contributed by atoms with Crippen LogP contribution in [0.5, 0.6) is 0 Å². The number of hydrogen-bond acceptors (Lipinski definition) is 4. The first-order valence-corrected chi connectivity index (χ1v) is 8.41. The summed E-state index contributed by atoms with van der Waals surface area (Å²) in [6.45, 7) is 6.49. The van der Waals surface area contributed by atoms with Crippen molar-refractivity contribution in [3.8, 4) is 0 Å². The molecule has 0 N–H and O–H groups in total. The Morgan fingerprint density at radius 3 is 2.70 bits per heavy atom. The summed E-state index contributed by atoms with van der Waals surface area (Å²) in [5.41, 5.74) is 0.361. The third kappa shape index (κ3) is 5.32. The summed E-state index contributed by atoms with van der Waals surface area (Å²) in [4.78, 5) is 26.2. The first-order valence-electron chi connectivity index (χ1n) is 7.62. The highest BCUT2D eigenvalue weighted by atomic mass is 79.9. The molecule has 126 valence electrons. The quantitative estimate of drug-likeness (QED) is 0.752. The highest BCUT2D eigenvalue weighted by Gasteiger charge is 2.32. The predicted octanol–water partition coefficient (Wildman–Crippen LogP) is 2.56. The van der Waals surface area contributed by atoms with Gasteiger partial charge < -0.3 is 14.4 Å². The zero-order chi connectivity index (χ0) is 17.0. The maximum absolute atomic E-state index is 12.5. The molecule has 5 nitrogen and oxygen atoms in total. The van der Waals surface area contributed by atoms with Gasteiger partial charge in [0.2, 0.25) is 5.91 Å². The molecule has 0 spiro atoms. The minimum Gasteiger partial charge on any atom is -0.458 e. The topological polar surface area (TPSA) is 55.8 Å². The summed E-state index contributed by atoms with van der Waals surface area (Å²) in [6, 6.07) is 7.63. The molecular formula is C17H22BrNO4. The SMILES string of the molecule is CC(C)(C)OC(=O)[C@@H]1CN(C(=O)Cc2ccccc2Br)CCO1. The number of amides is 1. The average Bonchev–Trinajstić information content (AvgIpc) is 2.48. The van der Waals surface area contributed by atoms with Gasteiger partial charge in [0.15, 0.2) is 6.10 Å². The maximum atomic E-state index is 12.5. The van der Waals surface area contributed by atoms with Gasteiger partial charge >= 0.3 is 5.97 Å². The van der Waals surface area contributed by atoms with Crippen LogP contribution in [0.4, 0.5) is 0 Å². The van der Waals surface area contributed by atoms with Gasteiger partial charge in [0.1, 0.15) is 5.60 Å². The fourth-order valence-corrected chi connectivity index (χ4v) is 2.73. The molecule has 1 amide bonds. The van der Waals surface area contributed by atoms with Crippen molar-refractivity contribution in [2.45, 2.75) is 38.9 Å². The second kappa shape index (κ2) is 7.45. The number of nitrogens with zero attached hydrogens (tertiary/aromatic N) is 1. The van der Waals surface area contributed by atoms with Crippen LogP contribution in [0.1, 0.15) is 26.3 Å². The Bertz CT molecular complexity index is 582. The molecule has 0 unspecified atom stereocenters. The van der Waals surface area contributed by atoms with Crippen LogP contribution in [0, 0.1) is 0 Å².